The fourth-order valence-electron chi connectivity index (χ4n) is 1.81. The average Bonchev–Trinajstić information content (AvgIpc) is 2.41. The molecule has 1 aromatic carbocycles. The number of carboxylic acids is 1. The Balaban J connectivity index is 2.19. The van der Waals surface area contributed by atoms with Gasteiger partial charge in [-0.25, -0.2) is 4.79 Å². The molecular weight excluding hydrogens is 384 g/mol. The maximum atomic E-state index is 12.4. The standard InChI is InChI=1S/C12H11ClINO4/c13-7-1-2-9(14)8(5-7)11(16)15-3-4-19-10(6-15)12(17)18/h1-2,5,10H,3-4,6H2,(H,17,18). The van der Waals surface area contributed by atoms with E-state index in [1.54, 1.807) is 18.2 Å². The molecule has 1 aliphatic rings. The van der Waals surface area contributed by atoms with E-state index in [0.29, 0.717) is 17.1 Å². The van der Waals surface area contributed by atoms with Crippen LogP contribution in [0.2, 0.25) is 5.02 Å². The smallest absolute Gasteiger partial charge is 0.334 e. The van der Waals surface area contributed by atoms with Crippen molar-refractivity contribution in [2.75, 3.05) is 19.7 Å². The van der Waals surface area contributed by atoms with Crippen LogP contribution in [0.1, 0.15) is 10.4 Å². The van der Waals surface area contributed by atoms with Gasteiger partial charge in [-0.05, 0) is 40.8 Å². The highest BCUT2D eigenvalue weighted by atomic mass is 127. The van der Waals surface area contributed by atoms with Gasteiger partial charge in [0.05, 0.1) is 18.7 Å². The Hall–Kier alpha value is -0.860. The number of carboxylic acid groups (broad SMARTS) is 1. The van der Waals surface area contributed by atoms with Crippen molar-refractivity contribution in [3.8, 4) is 0 Å². The van der Waals surface area contributed by atoms with Crippen LogP contribution in [0.3, 0.4) is 0 Å². The molecular formula is C12H11ClINO4. The fourth-order valence-corrected chi connectivity index (χ4v) is 2.55. The van der Waals surface area contributed by atoms with Gasteiger partial charge in [-0.2, -0.15) is 0 Å². The zero-order chi connectivity index (χ0) is 14.0. The normalized spacial score (nSPS) is 19.3. The molecule has 0 aromatic heterocycles. The molecule has 1 aromatic rings. The van der Waals surface area contributed by atoms with E-state index in [0.717, 1.165) is 3.57 Å². The van der Waals surface area contributed by atoms with E-state index in [-0.39, 0.29) is 19.1 Å². The summed E-state index contributed by atoms with van der Waals surface area (Å²) >= 11 is 7.94. The van der Waals surface area contributed by atoms with Gasteiger partial charge in [0.1, 0.15) is 0 Å². The lowest BCUT2D eigenvalue weighted by molar-refractivity contribution is -0.154. The molecule has 1 fully saturated rings. The monoisotopic (exact) mass is 395 g/mol. The third-order valence-electron chi connectivity index (χ3n) is 2.79. The molecule has 1 atom stereocenters. The second-order valence-electron chi connectivity index (χ2n) is 4.07. The summed E-state index contributed by atoms with van der Waals surface area (Å²) < 4.78 is 5.87. The van der Waals surface area contributed by atoms with Crippen molar-refractivity contribution in [1.82, 2.24) is 4.90 Å². The second-order valence-corrected chi connectivity index (χ2v) is 5.67. The molecule has 19 heavy (non-hydrogen) atoms. The van der Waals surface area contributed by atoms with Crippen molar-refractivity contribution >= 4 is 46.1 Å². The van der Waals surface area contributed by atoms with Crippen molar-refractivity contribution in [3.05, 3.63) is 32.4 Å². The Morgan fingerprint density at radius 2 is 2.21 bits per heavy atom. The number of amides is 1. The summed E-state index contributed by atoms with van der Waals surface area (Å²) in [5.41, 5.74) is 0.485. The first kappa shape index (κ1) is 14.5. The molecule has 1 heterocycles. The zero-order valence-electron chi connectivity index (χ0n) is 9.81. The highest BCUT2D eigenvalue weighted by Gasteiger charge is 2.30. The number of carbonyl (C=O) groups excluding carboxylic acids is 1. The van der Waals surface area contributed by atoms with Gasteiger partial charge in [0.2, 0.25) is 0 Å². The van der Waals surface area contributed by atoms with Crippen LogP contribution in [0.4, 0.5) is 0 Å². The number of morpholine rings is 1. The Morgan fingerprint density at radius 3 is 2.89 bits per heavy atom. The summed E-state index contributed by atoms with van der Waals surface area (Å²) in [5.74, 6) is -1.28. The number of rotatable bonds is 2. The maximum Gasteiger partial charge on any atom is 0.334 e. The van der Waals surface area contributed by atoms with Crippen LogP contribution >= 0.6 is 34.2 Å². The molecule has 0 bridgehead atoms. The molecule has 1 aliphatic heterocycles. The van der Waals surface area contributed by atoms with E-state index in [9.17, 15) is 9.59 Å². The minimum Gasteiger partial charge on any atom is -0.479 e. The number of carbonyl (C=O) groups is 2. The van der Waals surface area contributed by atoms with Crippen LogP contribution in [0.15, 0.2) is 18.2 Å². The van der Waals surface area contributed by atoms with Crippen LogP contribution in [0, 0.1) is 3.57 Å². The van der Waals surface area contributed by atoms with Crippen LogP contribution in [0.5, 0.6) is 0 Å². The second kappa shape index (κ2) is 6.06. The fraction of sp³-hybridized carbons (Fsp3) is 0.333. The largest absolute Gasteiger partial charge is 0.479 e. The molecule has 0 spiro atoms. The predicted octanol–water partition coefficient (Wildman–Crippen LogP) is 1.87. The van der Waals surface area contributed by atoms with Gasteiger partial charge < -0.3 is 14.7 Å². The number of nitrogens with zero attached hydrogens (tertiary/aromatic N) is 1. The Morgan fingerprint density at radius 1 is 1.47 bits per heavy atom. The predicted molar refractivity (Wildman–Crippen MR) is 77.4 cm³/mol. The lowest BCUT2D eigenvalue weighted by Crippen LogP contribution is -2.48. The lowest BCUT2D eigenvalue weighted by Gasteiger charge is -2.31. The van der Waals surface area contributed by atoms with E-state index >= 15 is 0 Å². The van der Waals surface area contributed by atoms with Gasteiger partial charge in [-0.3, -0.25) is 4.79 Å². The molecule has 5 nitrogen and oxygen atoms in total. The number of benzene rings is 1. The van der Waals surface area contributed by atoms with E-state index in [4.69, 9.17) is 21.4 Å². The first-order valence-corrected chi connectivity index (χ1v) is 7.03. The van der Waals surface area contributed by atoms with Crippen LogP contribution in [-0.2, 0) is 9.53 Å². The molecule has 7 heteroatoms. The minimum atomic E-state index is -1.06. The highest BCUT2D eigenvalue weighted by Crippen LogP contribution is 2.20. The lowest BCUT2D eigenvalue weighted by atomic mass is 10.1. The van der Waals surface area contributed by atoms with Crippen LogP contribution in [-0.4, -0.2) is 47.7 Å². The number of aliphatic carboxylic acids is 1. The van der Waals surface area contributed by atoms with Crippen LogP contribution in [0.25, 0.3) is 0 Å². The molecule has 1 unspecified atom stereocenters. The van der Waals surface area contributed by atoms with E-state index in [2.05, 4.69) is 22.6 Å². The maximum absolute atomic E-state index is 12.4. The van der Waals surface area contributed by atoms with Gasteiger partial charge in [0.25, 0.3) is 5.91 Å². The third-order valence-corrected chi connectivity index (χ3v) is 3.96. The first-order valence-electron chi connectivity index (χ1n) is 5.58. The Bertz CT molecular complexity index is 522. The molecule has 0 radical (unpaired) electrons. The van der Waals surface area contributed by atoms with Gasteiger partial charge >= 0.3 is 5.97 Å². The molecule has 0 saturated carbocycles. The molecule has 1 N–H and O–H groups in total. The van der Waals surface area contributed by atoms with Gasteiger partial charge in [0.15, 0.2) is 6.10 Å². The summed E-state index contributed by atoms with van der Waals surface area (Å²) in [4.78, 5) is 24.7. The Kier molecular flexibility index (Phi) is 4.64. The Labute approximate surface area is 128 Å². The van der Waals surface area contributed by atoms with Crippen molar-refractivity contribution in [1.29, 1.82) is 0 Å². The number of halogens is 2. The molecule has 1 amide bonds. The molecule has 1 saturated heterocycles. The molecule has 102 valence electrons. The topological polar surface area (TPSA) is 66.8 Å². The van der Waals surface area contributed by atoms with E-state index in [1.807, 2.05) is 0 Å². The quantitative estimate of drug-likeness (QED) is 0.777. The summed E-state index contributed by atoms with van der Waals surface area (Å²) in [6, 6.07) is 5.06. The summed E-state index contributed by atoms with van der Waals surface area (Å²) in [6.45, 7) is 0.655. The number of ether oxygens (including phenoxy) is 1. The van der Waals surface area contributed by atoms with Gasteiger partial charge in [-0.15, -0.1) is 0 Å². The average molecular weight is 396 g/mol. The van der Waals surface area contributed by atoms with E-state index < -0.39 is 12.1 Å². The van der Waals surface area contributed by atoms with Crippen molar-refractivity contribution in [2.45, 2.75) is 6.10 Å². The summed E-state index contributed by atoms with van der Waals surface area (Å²) in [7, 11) is 0. The molecule has 0 aliphatic carbocycles. The molecule has 2 rings (SSSR count). The minimum absolute atomic E-state index is 0.0523. The van der Waals surface area contributed by atoms with E-state index in [1.165, 1.54) is 4.90 Å². The first-order chi connectivity index (χ1) is 8.99. The highest BCUT2D eigenvalue weighted by molar-refractivity contribution is 14.1. The third kappa shape index (κ3) is 3.37. The van der Waals surface area contributed by atoms with Crippen molar-refractivity contribution in [2.24, 2.45) is 0 Å². The number of hydrogen-bond acceptors (Lipinski definition) is 3. The SMILES string of the molecule is O=C(O)C1CN(C(=O)c2cc(Cl)ccc2I)CCO1. The van der Waals surface area contributed by atoms with Crippen molar-refractivity contribution in [3.63, 3.8) is 0 Å². The zero-order valence-corrected chi connectivity index (χ0v) is 12.7. The van der Waals surface area contributed by atoms with Gasteiger partial charge in [0, 0.05) is 15.1 Å². The van der Waals surface area contributed by atoms with Crippen molar-refractivity contribution < 1.29 is 19.4 Å². The summed E-state index contributed by atoms with van der Waals surface area (Å²) in [6.07, 6.45) is -0.963. The van der Waals surface area contributed by atoms with Gasteiger partial charge in [-0.1, -0.05) is 11.6 Å². The number of hydrogen-bond donors (Lipinski definition) is 1. The van der Waals surface area contributed by atoms with Crippen LogP contribution < -0.4 is 0 Å². The summed E-state index contributed by atoms with van der Waals surface area (Å²) in [5, 5.41) is 9.40.